The van der Waals surface area contributed by atoms with E-state index in [1.165, 1.54) is 26.4 Å². The van der Waals surface area contributed by atoms with Gasteiger partial charge in [-0.3, -0.25) is 0 Å². The summed E-state index contributed by atoms with van der Waals surface area (Å²) < 4.78 is 60.5. The maximum absolute atomic E-state index is 13.8. The van der Waals surface area contributed by atoms with Crippen molar-refractivity contribution in [2.75, 3.05) is 39.9 Å². The van der Waals surface area contributed by atoms with Crippen LogP contribution in [0.2, 0.25) is 0 Å². The van der Waals surface area contributed by atoms with E-state index in [9.17, 15) is 8.42 Å². The Hall–Kier alpha value is -4.38. The highest BCUT2D eigenvalue weighted by molar-refractivity contribution is 7.91. The van der Waals surface area contributed by atoms with Crippen molar-refractivity contribution in [2.24, 2.45) is 0 Å². The Balaban J connectivity index is 1.60. The molecule has 1 N–H and O–H groups in total. The van der Waals surface area contributed by atoms with Crippen LogP contribution in [0.5, 0.6) is 28.7 Å². The van der Waals surface area contributed by atoms with Gasteiger partial charge >= 0.3 is 0 Å². The molecule has 10 nitrogen and oxygen atoms in total. The molecule has 192 valence electrons. The van der Waals surface area contributed by atoms with Gasteiger partial charge in [-0.1, -0.05) is 0 Å². The third kappa shape index (κ3) is 4.73. The first-order valence-electron chi connectivity index (χ1n) is 11.2. The molecule has 0 unspecified atom stereocenters. The van der Waals surface area contributed by atoms with Crippen molar-refractivity contribution >= 4 is 21.4 Å². The number of methoxy groups -OCH3 is 3. The van der Waals surface area contributed by atoms with E-state index in [0.29, 0.717) is 53.2 Å². The molecule has 0 bridgehead atoms. The number of hydrogen-bond donors (Lipinski definition) is 1. The molecule has 1 aliphatic heterocycles. The normalized spacial score (nSPS) is 12.6. The van der Waals surface area contributed by atoms with Gasteiger partial charge in [0.05, 0.1) is 26.2 Å². The van der Waals surface area contributed by atoms with Crippen molar-refractivity contribution in [1.82, 2.24) is 4.98 Å². The Kier molecular flexibility index (Phi) is 6.53. The standard InChI is InChI=1S/C26H24N2O8S/c1-31-18-7-5-17(6-8-18)27-25-26(28-24(36-25)16-4-10-20(32-2)22(14-16)33-3)37(29,30)19-9-11-21-23(15-19)35-13-12-34-21/h4-11,14-15,27H,12-13H2,1-3H3. The molecule has 0 amide bonds. The van der Waals surface area contributed by atoms with Crippen molar-refractivity contribution in [2.45, 2.75) is 9.92 Å². The molecule has 0 saturated carbocycles. The van der Waals surface area contributed by atoms with Crippen LogP contribution >= 0.6 is 0 Å². The number of rotatable bonds is 8. The van der Waals surface area contributed by atoms with Crippen LogP contribution in [0.1, 0.15) is 0 Å². The fourth-order valence-electron chi connectivity index (χ4n) is 3.77. The van der Waals surface area contributed by atoms with Crippen LogP contribution in [-0.4, -0.2) is 47.9 Å². The first-order valence-corrected chi connectivity index (χ1v) is 12.7. The topological polar surface area (TPSA) is 118 Å². The number of hydrogen-bond acceptors (Lipinski definition) is 10. The third-order valence-corrected chi connectivity index (χ3v) is 7.31. The van der Waals surface area contributed by atoms with Crippen molar-refractivity contribution in [3.05, 3.63) is 60.7 Å². The molecule has 0 fully saturated rings. The first-order chi connectivity index (χ1) is 17.9. The van der Waals surface area contributed by atoms with Gasteiger partial charge in [0, 0.05) is 17.3 Å². The number of aromatic nitrogens is 1. The summed E-state index contributed by atoms with van der Waals surface area (Å²) in [7, 11) is 0.457. The van der Waals surface area contributed by atoms with Gasteiger partial charge in [0.1, 0.15) is 19.0 Å². The van der Waals surface area contributed by atoms with Crippen LogP contribution in [0.25, 0.3) is 11.5 Å². The molecule has 11 heteroatoms. The van der Waals surface area contributed by atoms with Crippen LogP contribution in [0.4, 0.5) is 11.6 Å². The smallest absolute Gasteiger partial charge is 0.238 e. The minimum absolute atomic E-state index is 0.0123. The van der Waals surface area contributed by atoms with Gasteiger partial charge in [-0.15, -0.1) is 0 Å². The van der Waals surface area contributed by atoms with Gasteiger partial charge in [0.15, 0.2) is 23.0 Å². The largest absolute Gasteiger partial charge is 0.497 e. The van der Waals surface area contributed by atoms with E-state index < -0.39 is 9.84 Å². The molecular weight excluding hydrogens is 500 g/mol. The van der Waals surface area contributed by atoms with E-state index >= 15 is 0 Å². The molecule has 37 heavy (non-hydrogen) atoms. The number of oxazole rings is 1. The molecule has 0 atom stereocenters. The molecule has 4 aromatic rings. The lowest BCUT2D eigenvalue weighted by Crippen LogP contribution is -2.16. The van der Waals surface area contributed by atoms with Gasteiger partial charge in [0.25, 0.3) is 0 Å². The second-order valence-electron chi connectivity index (χ2n) is 7.89. The number of ether oxygens (including phenoxy) is 5. The second kappa shape index (κ2) is 9.94. The van der Waals surface area contributed by atoms with E-state index in [-0.39, 0.29) is 21.7 Å². The van der Waals surface area contributed by atoms with Crippen molar-refractivity contribution in [3.8, 4) is 40.2 Å². The molecule has 2 heterocycles. The average molecular weight is 525 g/mol. The molecule has 3 aromatic carbocycles. The molecule has 0 radical (unpaired) electrons. The SMILES string of the molecule is COc1ccc(Nc2oc(-c3ccc(OC)c(OC)c3)nc2S(=O)(=O)c2ccc3c(c2)OCCO3)cc1. The second-order valence-corrected chi connectivity index (χ2v) is 9.75. The Morgan fingerprint density at radius 1 is 0.811 bits per heavy atom. The molecule has 1 aromatic heterocycles. The van der Waals surface area contributed by atoms with Gasteiger partial charge in [-0.05, 0) is 54.6 Å². The van der Waals surface area contributed by atoms with Gasteiger partial charge in [-0.25, -0.2) is 8.42 Å². The highest BCUT2D eigenvalue weighted by Crippen LogP contribution is 2.39. The van der Waals surface area contributed by atoms with Crippen molar-refractivity contribution in [1.29, 1.82) is 0 Å². The predicted octanol–water partition coefficient (Wildman–Crippen LogP) is 4.72. The minimum atomic E-state index is -4.14. The summed E-state index contributed by atoms with van der Waals surface area (Å²) >= 11 is 0. The van der Waals surface area contributed by atoms with E-state index in [1.54, 1.807) is 55.6 Å². The average Bonchev–Trinajstić information content (AvgIpc) is 3.37. The van der Waals surface area contributed by atoms with E-state index in [1.807, 2.05) is 0 Å². The summed E-state index contributed by atoms with van der Waals surface area (Å²) in [5.74, 6) is 2.46. The molecular formula is C26H24N2O8S. The van der Waals surface area contributed by atoms with Crippen LogP contribution in [-0.2, 0) is 9.84 Å². The van der Waals surface area contributed by atoms with E-state index in [4.69, 9.17) is 28.1 Å². The fraction of sp³-hybridized carbons (Fsp3) is 0.192. The van der Waals surface area contributed by atoms with Gasteiger partial charge in [0.2, 0.25) is 26.6 Å². The highest BCUT2D eigenvalue weighted by Gasteiger charge is 2.30. The Morgan fingerprint density at radius 3 is 2.24 bits per heavy atom. The van der Waals surface area contributed by atoms with Crippen molar-refractivity contribution < 1.29 is 36.5 Å². The minimum Gasteiger partial charge on any atom is -0.497 e. The number of nitrogens with one attached hydrogen (secondary N) is 1. The molecule has 0 saturated heterocycles. The van der Waals surface area contributed by atoms with E-state index in [2.05, 4.69) is 10.3 Å². The summed E-state index contributed by atoms with van der Waals surface area (Å²) in [4.78, 5) is 4.38. The summed E-state index contributed by atoms with van der Waals surface area (Å²) in [6, 6.07) is 16.4. The zero-order valence-electron chi connectivity index (χ0n) is 20.3. The lowest BCUT2D eigenvalue weighted by Gasteiger charge is -2.18. The fourth-order valence-corrected chi connectivity index (χ4v) is 5.04. The molecule has 0 spiro atoms. The van der Waals surface area contributed by atoms with Crippen molar-refractivity contribution in [3.63, 3.8) is 0 Å². The lowest BCUT2D eigenvalue weighted by atomic mass is 10.2. The first kappa shape index (κ1) is 24.3. The lowest BCUT2D eigenvalue weighted by molar-refractivity contribution is 0.171. The number of fused-ring (bicyclic) bond motifs is 1. The van der Waals surface area contributed by atoms with Gasteiger partial charge in [-0.2, -0.15) is 4.98 Å². The van der Waals surface area contributed by atoms with E-state index in [0.717, 1.165) is 0 Å². The Morgan fingerprint density at radius 2 is 1.54 bits per heavy atom. The number of anilines is 2. The molecule has 5 rings (SSSR count). The quantitative estimate of drug-likeness (QED) is 0.347. The number of benzene rings is 3. The summed E-state index contributed by atoms with van der Waals surface area (Å²) in [5, 5.41) is 2.74. The zero-order valence-corrected chi connectivity index (χ0v) is 21.1. The molecule has 1 aliphatic rings. The monoisotopic (exact) mass is 524 g/mol. The Labute approximate surface area is 213 Å². The predicted molar refractivity (Wildman–Crippen MR) is 134 cm³/mol. The summed E-state index contributed by atoms with van der Waals surface area (Å²) in [6.45, 7) is 0.723. The zero-order chi connectivity index (χ0) is 26.0. The molecule has 0 aliphatic carbocycles. The van der Waals surface area contributed by atoms with Crippen LogP contribution in [0.15, 0.2) is 75.0 Å². The third-order valence-electron chi connectivity index (χ3n) is 5.65. The van der Waals surface area contributed by atoms with Crippen LogP contribution in [0, 0.1) is 0 Å². The number of sulfone groups is 1. The van der Waals surface area contributed by atoms with Crippen LogP contribution < -0.4 is 29.0 Å². The van der Waals surface area contributed by atoms with Gasteiger partial charge < -0.3 is 33.4 Å². The van der Waals surface area contributed by atoms with Crippen LogP contribution in [0.3, 0.4) is 0 Å². The summed E-state index contributed by atoms with van der Waals surface area (Å²) in [6.07, 6.45) is 0. The maximum atomic E-state index is 13.8. The highest BCUT2D eigenvalue weighted by atomic mass is 32.2. The maximum Gasteiger partial charge on any atom is 0.238 e. The summed E-state index contributed by atoms with van der Waals surface area (Å²) in [5.41, 5.74) is 1.08. The Bertz CT molecular complexity index is 1530. The number of nitrogens with zero attached hydrogens (tertiary/aromatic N) is 1.